The lowest BCUT2D eigenvalue weighted by atomic mass is 9.82. The highest BCUT2D eigenvalue weighted by Gasteiger charge is 2.38. The summed E-state index contributed by atoms with van der Waals surface area (Å²) in [5.41, 5.74) is 2.47. The molecule has 1 aliphatic carbocycles. The van der Waals surface area contributed by atoms with Crippen LogP contribution in [0.25, 0.3) is 0 Å². The molecule has 7 heteroatoms. The summed E-state index contributed by atoms with van der Waals surface area (Å²) in [5, 5.41) is 7.45. The first-order valence-electron chi connectivity index (χ1n) is 10.9. The highest BCUT2D eigenvalue weighted by atomic mass is 127. The standard InChI is InChI=1S/C23H30IN3O3/c1-29-23(28)27-13-5-8-19(22-20(24)14-25-26-22)21(27)15-30-18-11-9-17(10-12-18)16-6-3-2-4-7-16/h2-4,6-7,14,17-19,21H,5,8-13,15H2,1H3,(H,25,26)/t17-,18+,19-,21-/m0/s1. The van der Waals surface area contributed by atoms with Crippen molar-refractivity contribution in [3.05, 3.63) is 51.4 Å². The van der Waals surface area contributed by atoms with Crippen LogP contribution in [0.4, 0.5) is 4.79 Å². The van der Waals surface area contributed by atoms with Gasteiger partial charge in [0.15, 0.2) is 0 Å². The summed E-state index contributed by atoms with van der Waals surface area (Å²) in [6.07, 6.45) is 8.28. The number of H-pyrrole nitrogens is 1. The number of rotatable bonds is 5. The second kappa shape index (κ2) is 10.1. The Labute approximate surface area is 191 Å². The average Bonchev–Trinajstić information content (AvgIpc) is 3.23. The van der Waals surface area contributed by atoms with E-state index in [9.17, 15) is 4.79 Å². The fourth-order valence-electron chi connectivity index (χ4n) is 4.99. The van der Waals surface area contributed by atoms with E-state index in [4.69, 9.17) is 9.47 Å². The first kappa shape index (κ1) is 21.6. The highest BCUT2D eigenvalue weighted by Crippen LogP contribution is 2.37. The molecule has 4 rings (SSSR count). The van der Waals surface area contributed by atoms with Gasteiger partial charge >= 0.3 is 6.09 Å². The van der Waals surface area contributed by atoms with Gasteiger partial charge in [-0.3, -0.25) is 5.10 Å². The van der Waals surface area contributed by atoms with Gasteiger partial charge in [-0.25, -0.2) is 4.79 Å². The number of piperidine rings is 1. The number of hydrogen-bond donors (Lipinski definition) is 1. The summed E-state index contributed by atoms with van der Waals surface area (Å²) in [5.74, 6) is 0.794. The summed E-state index contributed by atoms with van der Waals surface area (Å²) in [4.78, 5) is 14.3. The minimum Gasteiger partial charge on any atom is -0.453 e. The van der Waals surface area contributed by atoms with Crippen molar-refractivity contribution in [2.24, 2.45) is 0 Å². The monoisotopic (exact) mass is 523 g/mol. The van der Waals surface area contributed by atoms with Crippen molar-refractivity contribution in [3.63, 3.8) is 0 Å². The third kappa shape index (κ3) is 4.82. The molecule has 162 valence electrons. The number of aromatic nitrogens is 2. The zero-order valence-electron chi connectivity index (χ0n) is 17.4. The molecule has 0 radical (unpaired) electrons. The van der Waals surface area contributed by atoms with Gasteiger partial charge in [0.25, 0.3) is 0 Å². The Morgan fingerprint density at radius 1 is 1.20 bits per heavy atom. The Morgan fingerprint density at radius 3 is 2.63 bits per heavy atom. The van der Waals surface area contributed by atoms with Gasteiger partial charge in [0.05, 0.1) is 35.1 Å². The molecule has 30 heavy (non-hydrogen) atoms. The molecule has 2 aromatic rings. The first-order valence-corrected chi connectivity index (χ1v) is 12.0. The number of hydrogen-bond acceptors (Lipinski definition) is 4. The largest absolute Gasteiger partial charge is 0.453 e. The highest BCUT2D eigenvalue weighted by molar-refractivity contribution is 14.1. The molecular formula is C23H30IN3O3. The maximum Gasteiger partial charge on any atom is 0.409 e. The molecule has 0 unspecified atom stereocenters. The second-order valence-corrected chi connectivity index (χ2v) is 9.48. The number of halogens is 1. The number of amides is 1. The summed E-state index contributed by atoms with van der Waals surface area (Å²) in [6, 6.07) is 10.7. The van der Waals surface area contributed by atoms with Gasteiger partial charge in [-0.15, -0.1) is 0 Å². The number of nitrogens with one attached hydrogen (secondary N) is 1. The molecule has 6 nitrogen and oxygen atoms in total. The molecule has 1 amide bonds. The minimum absolute atomic E-state index is 0.0464. The van der Waals surface area contributed by atoms with Crippen LogP contribution in [0.2, 0.25) is 0 Å². The smallest absolute Gasteiger partial charge is 0.409 e. The van der Waals surface area contributed by atoms with E-state index >= 15 is 0 Å². The van der Waals surface area contributed by atoms with E-state index in [0.717, 1.165) is 47.8 Å². The van der Waals surface area contributed by atoms with Crippen LogP contribution in [0.15, 0.2) is 36.5 Å². The molecular weight excluding hydrogens is 493 g/mol. The average molecular weight is 523 g/mol. The van der Waals surface area contributed by atoms with Crippen molar-refractivity contribution in [3.8, 4) is 0 Å². The molecule has 0 spiro atoms. The van der Waals surface area contributed by atoms with Gasteiger partial charge in [-0.05, 0) is 72.6 Å². The molecule has 1 aliphatic heterocycles. The van der Waals surface area contributed by atoms with Gasteiger partial charge < -0.3 is 14.4 Å². The molecule has 2 aliphatic rings. The summed E-state index contributed by atoms with van der Waals surface area (Å²) in [7, 11) is 1.45. The quantitative estimate of drug-likeness (QED) is 0.556. The minimum atomic E-state index is -0.272. The summed E-state index contributed by atoms with van der Waals surface area (Å²) >= 11 is 2.31. The third-order valence-electron chi connectivity index (χ3n) is 6.61. The van der Waals surface area contributed by atoms with Crippen LogP contribution in [0.3, 0.4) is 0 Å². The number of carbonyl (C=O) groups is 1. The number of carbonyl (C=O) groups excluding carboxylic acids is 1. The van der Waals surface area contributed by atoms with E-state index in [2.05, 4.69) is 63.1 Å². The lowest BCUT2D eigenvalue weighted by Gasteiger charge is -2.40. The number of benzene rings is 1. The zero-order chi connectivity index (χ0) is 20.9. The van der Waals surface area contributed by atoms with Gasteiger partial charge in [-0.2, -0.15) is 5.10 Å². The molecule has 0 bridgehead atoms. The molecule has 2 heterocycles. The predicted molar refractivity (Wildman–Crippen MR) is 124 cm³/mol. The normalized spacial score (nSPS) is 27.1. The molecule has 2 fully saturated rings. The van der Waals surface area contributed by atoms with Gasteiger partial charge in [0.1, 0.15) is 0 Å². The van der Waals surface area contributed by atoms with Gasteiger partial charge in [0, 0.05) is 18.7 Å². The second-order valence-electron chi connectivity index (χ2n) is 8.32. The van der Waals surface area contributed by atoms with E-state index < -0.39 is 0 Å². The van der Waals surface area contributed by atoms with Crippen LogP contribution >= 0.6 is 22.6 Å². The predicted octanol–water partition coefficient (Wildman–Crippen LogP) is 5.07. The van der Waals surface area contributed by atoms with E-state index in [0.29, 0.717) is 19.1 Å². The number of ether oxygens (including phenoxy) is 2. The van der Waals surface area contributed by atoms with Crippen LogP contribution in [0, 0.1) is 3.57 Å². The zero-order valence-corrected chi connectivity index (χ0v) is 19.6. The number of methoxy groups -OCH3 is 1. The van der Waals surface area contributed by atoms with E-state index in [1.54, 1.807) is 0 Å². The van der Waals surface area contributed by atoms with Crippen LogP contribution in [-0.2, 0) is 9.47 Å². The maximum absolute atomic E-state index is 12.4. The maximum atomic E-state index is 12.4. The lowest BCUT2D eigenvalue weighted by Crippen LogP contribution is -2.50. The van der Waals surface area contributed by atoms with E-state index in [1.807, 2.05) is 11.1 Å². The molecule has 1 N–H and O–H groups in total. The third-order valence-corrected chi connectivity index (χ3v) is 7.47. The number of likely N-dealkylation sites (tertiary alicyclic amines) is 1. The fourth-order valence-corrected chi connectivity index (χ4v) is 5.65. The Hall–Kier alpha value is -1.61. The summed E-state index contributed by atoms with van der Waals surface area (Å²) < 4.78 is 12.6. The van der Waals surface area contributed by atoms with Crippen molar-refractivity contribution in [1.82, 2.24) is 15.1 Å². The fraction of sp³-hybridized carbons (Fsp3) is 0.565. The Kier molecular flexibility index (Phi) is 7.30. The summed E-state index contributed by atoms with van der Waals surface area (Å²) in [6.45, 7) is 1.24. The van der Waals surface area contributed by atoms with Gasteiger partial charge in [-0.1, -0.05) is 30.3 Å². The molecule has 1 saturated carbocycles. The SMILES string of the molecule is COC(=O)N1CCC[C@H](c2n[nH]cc2I)[C@@H]1CO[C@H]1CC[C@@H](c2ccccc2)CC1. The Balaban J connectivity index is 1.40. The number of aromatic amines is 1. The molecule has 1 saturated heterocycles. The molecule has 1 aromatic carbocycles. The van der Waals surface area contributed by atoms with Crippen LogP contribution in [0.1, 0.15) is 61.6 Å². The lowest BCUT2D eigenvalue weighted by molar-refractivity contribution is -0.0243. The van der Waals surface area contributed by atoms with Crippen molar-refractivity contribution in [1.29, 1.82) is 0 Å². The number of nitrogens with zero attached hydrogens (tertiary/aromatic N) is 2. The van der Waals surface area contributed by atoms with Crippen LogP contribution < -0.4 is 0 Å². The van der Waals surface area contributed by atoms with Crippen LogP contribution in [-0.4, -0.2) is 53.6 Å². The van der Waals surface area contributed by atoms with E-state index in [1.165, 1.54) is 12.7 Å². The first-order chi connectivity index (χ1) is 14.7. The molecule has 2 atom stereocenters. The van der Waals surface area contributed by atoms with Gasteiger partial charge in [0.2, 0.25) is 0 Å². The van der Waals surface area contributed by atoms with Crippen molar-refractivity contribution in [2.45, 2.75) is 62.5 Å². The molecule has 1 aromatic heterocycles. The van der Waals surface area contributed by atoms with Crippen LogP contribution in [0.5, 0.6) is 0 Å². The van der Waals surface area contributed by atoms with Crippen molar-refractivity contribution >= 4 is 28.7 Å². The Morgan fingerprint density at radius 2 is 1.97 bits per heavy atom. The topological polar surface area (TPSA) is 67.5 Å². The van der Waals surface area contributed by atoms with Crippen molar-refractivity contribution < 1.29 is 14.3 Å². The van der Waals surface area contributed by atoms with E-state index in [-0.39, 0.29) is 24.2 Å². The Bertz CT molecular complexity index is 820. The van der Waals surface area contributed by atoms with Crippen molar-refractivity contribution in [2.75, 3.05) is 20.3 Å².